The Bertz CT molecular complexity index is 405. The van der Waals surface area contributed by atoms with Crippen LogP contribution in [-0.4, -0.2) is 44.0 Å². The Morgan fingerprint density at radius 3 is 3.11 bits per heavy atom. The molecule has 0 spiro atoms. The molecule has 0 radical (unpaired) electrons. The number of carbonyl (C=O) groups excluding carboxylic acids is 1. The van der Waals surface area contributed by atoms with Gasteiger partial charge in [0.25, 0.3) is 0 Å². The summed E-state index contributed by atoms with van der Waals surface area (Å²) in [7, 11) is 1.74. The number of rotatable bonds is 5. The van der Waals surface area contributed by atoms with E-state index in [1.54, 1.807) is 7.11 Å². The van der Waals surface area contributed by atoms with Crippen LogP contribution in [0.2, 0.25) is 0 Å². The zero-order valence-corrected chi connectivity index (χ0v) is 12.9. The molecule has 2 rings (SSSR count). The summed E-state index contributed by atoms with van der Waals surface area (Å²) in [4.78, 5) is 15.2. The van der Waals surface area contributed by atoms with Crippen molar-refractivity contribution in [1.29, 1.82) is 0 Å². The Labute approximate surface area is 120 Å². The van der Waals surface area contributed by atoms with E-state index >= 15 is 0 Å². The molecule has 0 N–H and O–H groups in total. The lowest BCUT2D eigenvalue weighted by atomic mass is 9.99. The lowest BCUT2D eigenvalue weighted by Gasteiger charge is -2.31. The zero-order chi connectivity index (χ0) is 13.0. The van der Waals surface area contributed by atoms with Gasteiger partial charge in [0.2, 0.25) is 0 Å². The number of carbonyl (C=O) groups is 1. The lowest BCUT2D eigenvalue weighted by Crippen LogP contribution is -2.39. The molecule has 5 heteroatoms. The van der Waals surface area contributed by atoms with Crippen molar-refractivity contribution in [3.05, 3.63) is 20.8 Å². The Morgan fingerprint density at radius 2 is 2.44 bits per heavy atom. The van der Waals surface area contributed by atoms with Crippen molar-refractivity contribution in [2.45, 2.75) is 12.8 Å². The van der Waals surface area contributed by atoms with Gasteiger partial charge in [0.05, 0.1) is 21.8 Å². The monoisotopic (exact) mass is 331 g/mol. The molecule has 1 aliphatic heterocycles. The molecule has 3 nitrogen and oxygen atoms in total. The van der Waals surface area contributed by atoms with Gasteiger partial charge in [-0.25, -0.2) is 0 Å². The highest BCUT2D eigenvalue weighted by Crippen LogP contribution is 2.23. The van der Waals surface area contributed by atoms with Crippen LogP contribution in [0.5, 0.6) is 0 Å². The Hall–Kier alpha value is -0.230. The largest absolute Gasteiger partial charge is 0.384 e. The number of likely N-dealkylation sites (tertiary alicyclic amines) is 1. The van der Waals surface area contributed by atoms with E-state index in [0.29, 0.717) is 12.5 Å². The van der Waals surface area contributed by atoms with Crippen molar-refractivity contribution in [3.8, 4) is 0 Å². The van der Waals surface area contributed by atoms with Crippen LogP contribution in [0, 0.1) is 5.92 Å². The van der Waals surface area contributed by atoms with E-state index in [2.05, 4.69) is 20.8 Å². The molecule has 100 valence electrons. The van der Waals surface area contributed by atoms with Crippen LogP contribution in [0.1, 0.15) is 22.5 Å². The number of methoxy groups -OCH3 is 1. The van der Waals surface area contributed by atoms with Gasteiger partial charge in [0.1, 0.15) is 0 Å². The minimum Gasteiger partial charge on any atom is -0.384 e. The highest BCUT2D eigenvalue weighted by atomic mass is 79.9. The Balaban J connectivity index is 1.87. The maximum absolute atomic E-state index is 12.1. The van der Waals surface area contributed by atoms with Crippen molar-refractivity contribution >= 4 is 33.0 Å². The van der Waals surface area contributed by atoms with E-state index in [1.165, 1.54) is 17.8 Å². The van der Waals surface area contributed by atoms with Crippen LogP contribution in [0.3, 0.4) is 0 Å². The Morgan fingerprint density at radius 1 is 1.61 bits per heavy atom. The Kier molecular flexibility index (Phi) is 5.36. The number of halogens is 1. The fourth-order valence-electron chi connectivity index (χ4n) is 2.41. The van der Waals surface area contributed by atoms with Gasteiger partial charge in [-0.15, -0.1) is 11.3 Å². The van der Waals surface area contributed by atoms with E-state index < -0.39 is 0 Å². The number of hydrogen-bond acceptors (Lipinski definition) is 4. The van der Waals surface area contributed by atoms with E-state index in [0.717, 1.165) is 34.8 Å². The number of thiophene rings is 1. The van der Waals surface area contributed by atoms with Gasteiger partial charge in [-0.05, 0) is 53.4 Å². The van der Waals surface area contributed by atoms with Gasteiger partial charge in [-0.1, -0.05) is 0 Å². The van der Waals surface area contributed by atoms with E-state index in [9.17, 15) is 4.79 Å². The maximum atomic E-state index is 12.1. The molecular formula is C13H18BrNO2S. The molecule has 0 aromatic carbocycles. The predicted octanol–water partition coefficient (Wildman–Crippen LogP) is 3.05. The van der Waals surface area contributed by atoms with Crippen molar-refractivity contribution in [3.63, 3.8) is 0 Å². The number of piperidine rings is 1. The molecule has 2 heterocycles. The summed E-state index contributed by atoms with van der Waals surface area (Å²) in [6.45, 7) is 3.34. The topological polar surface area (TPSA) is 29.5 Å². The lowest BCUT2D eigenvalue weighted by molar-refractivity contribution is 0.0760. The molecule has 18 heavy (non-hydrogen) atoms. The molecule has 1 atom stereocenters. The maximum Gasteiger partial charge on any atom is 0.186 e. The van der Waals surface area contributed by atoms with Gasteiger partial charge < -0.3 is 4.74 Å². The van der Waals surface area contributed by atoms with Crippen molar-refractivity contribution in [2.75, 3.05) is 33.4 Å². The summed E-state index contributed by atoms with van der Waals surface area (Å²) in [5.41, 5.74) is 0. The van der Waals surface area contributed by atoms with E-state index in [1.807, 2.05) is 12.1 Å². The first-order valence-corrected chi connectivity index (χ1v) is 7.80. The number of ether oxygens (including phenoxy) is 1. The van der Waals surface area contributed by atoms with Crippen LogP contribution in [0.4, 0.5) is 0 Å². The summed E-state index contributed by atoms with van der Waals surface area (Å²) in [5.74, 6) is 0.801. The third kappa shape index (κ3) is 3.88. The quantitative estimate of drug-likeness (QED) is 0.776. The second kappa shape index (κ2) is 6.80. The van der Waals surface area contributed by atoms with Crippen LogP contribution < -0.4 is 0 Å². The summed E-state index contributed by atoms with van der Waals surface area (Å²) < 4.78 is 6.22. The number of ketones is 1. The minimum atomic E-state index is 0.226. The van der Waals surface area contributed by atoms with Crippen molar-refractivity contribution in [1.82, 2.24) is 4.90 Å². The van der Waals surface area contributed by atoms with E-state index in [-0.39, 0.29) is 5.78 Å². The molecule has 0 bridgehead atoms. The van der Waals surface area contributed by atoms with Crippen molar-refractivity contribution < 1.29 is 9.53 Å². The SMILES string of the molecule is COCC1CCCN(CC(=O)c2ccc(Br)s2)C1. The zero-order valence-electron chi connectivity index (χ0n) is 10.5. The summed E-state index contributed by atoms with van der Waals surface area (Å²) in [5, 5.41) is 0. The molecule has 1 aromatic rings. The fraction of sp³-hybridized carbons (Fsp3) is 0.615. The second-order valence-corrected chi connectivity index (χ2v) is 7.19. The van der Waals surface area contributed by atoms with E-state index in [4.69, 9.17) is 4.74 Å². The minimum absolute atomic E-state index is 0.226. The smallest absolute Gasteiger partial charge is 0.186 e. The fourth-order valence-corrected chi connectivity index (χ4v) is 3.73. The first-order valence-electron chi connectivity index (χ1n) is 6.19. The third-order valence-corrected chi connectivity index (χ3v) is 4.89. The third-order valence-electron chi connectivity index (χ3n) is 3.22. The standard InChI is InChI=1S/C13H18BrNO2S/c1-17-9-10-3-2-6-15(7-10)8-11(16)12-4-5-13(14)18-12/h4-5,10H,2-3,6-9H2,1H3. The molecule has 1 fully saturated rings. The van der Waals surface area contributed by atoms with Crippen molar-refractivity contribution in [2.24, 2.45) is 5.92 Å². The number of hydrogen-bond donors (Lipinski definition) is 0. The molecule has 1 saturated heterocycles. The first-order chi connectivity index (χ1) is 8.69. The molecule has 1 aromatic heterocycles. The molecule has 0 saturated carbocycles. The number of Topliss-reactive ketones (excluding diaryl/α,β-unsaturated/α-hetero) is 1. The molecular weight excluding hydrogens is 314 g/mol. The van der Waals surface area contributed by atoms with Crippen LogP contribution in [0.25, 0.3) is 0 Å². The average Bonchev–Trinajstić information content (AvgIpc) is 2.77. The van der Waals surface area contributed by atoms with Crippen LogP contribution in [-0.2, 0) is 4.74 Å². The van der Waals surface area contributed by atoms with Gasteiger partial charge >= 0.3 is 0 Å². The predicted molar refractivity (Wildman–Crippen MR) is 77.4 cm³/mol. The second-order valence-electron chi connectivity index (χ2n) is 4.73. The normalized spacial score (nSPS) is 21.1. The van der Waals surface area contributed by atoms with Gasteiger partial charge in [0.15, 0.2) is 5.78 Å². The molecule has 0 aliphatic carbocycles. The summed E-state index contributed by atoms with van der Waals surface area (Å²) in [6, 6.07) is 3.83. The van der Waals surface area contributed by atoms with Crippen LogP contribution in [0.15, 0.2) is 15.9 Å². The highest BCUT2D eigenvalue weighted by molar-refractivity contribution is 9.11. The molecule has 0 amide bonds. The van der Waals surface area contributed by atoms with Gasteiger partial charge in [0, 0.05) is 13.7 Å². The highest BCUT2D eigenvalue weighted by Gasteiger charge is 2.22. The summed E-state index contributed by atoms with van der Waals surface area (Å²) in [6.07, 6.45) is 2.37. The van der Waals surface area contributed by atoms with Crippen LogP contribution >= 0.6 is 27.3 Å². The molecule has 1 aliphatic rings. The summed E-state index contributed by atoms with van der Waals surface area (Å²) >= 11 is 4.90. The van der Waals surface area contributed by atoms with Gasteiger partial charge in [-0.3, -0.25) is 9.69 Å². The van der Waals surface area contributed by atoms with Gasteiger partial charge in [-0.2, -0.15) is 0 Å². The molecule has 1 unspecified atom stereocenters. The number of nitrogens with zero attached hydrogens (tertiary/aromatic N) is 1. The first kappa shape index (κ1) is 14.2. The average molecular weight is 332 g/mol.